The van der Waals surface area contributed by atoms with E-state index in [1.807, 2.05) is 31.2 Å². The zero-order valence-corrected chi connectivity index (χ0v) is 19.9. The third kappa shape index (κ3) is 7.27. The van der Waals surface area contributed by atoms with E-state index in [1.54, 1.807) is 7.05 Å². The normalized spacial score (nSPS) is 15.8. The van der Waals surface area contributed by atoms with Crippen molar-refractivity contribution in [2.75, 3.05) is 27.2 Å². The molecule has 0 radical (unpaired) electrons. The Bertz CT molecular complexity index is 768. The topological polar surface area (TPSA) is 68.9 Å². The van der Waals surface area contributed by atoms with Crippen molar-refractivity contribution in [2.24, 2.45) is 12.0 Å². The van der Waals surface area contributed by atoms with E-state index >= 15 is 0 Å². The van der Waals surface area contributed by atoms with Crippen molar-refractivity contribution in [3.8, 4) is 0 Å². The van der Waals surface area contributed by atoms with Crippen LogP contribution < -0.4 is 5.32 Å². The van der Waals surface area contributed by atoms with Crippen LogP contribution >= 0.6 is 24.0 Å². The fraction of sp³-hybridized carbons (Fsp3) is 0.524. The Morgan fingerprint density at radius 1 is 1.21 bits per heavy atom. The van der Waals surface area contributed by atoms with E-state index in [0.717, 1.165) is 57.1 Å². The molecule has 0 spiro atoms. The lowest BCUT2D eigenvalue weighted by atomic mass is 10.1. The molecule has 2 N–H and O–H groups in total. The van der Waals surface area contributed by atoms with Crippen molar-refractivity contribution in [3.63, 3.8) is 0 Å². The van der Waals surface area contributed by atoms with Gasteiger partial charge in [-0.05, 0) is 24.0 Å². The summed E-state index contributed by atoms with van der Waals surface area (Å²) in [5.41, 5.74) is 3.70. The van der Waals surface area contributed by atoms with Crippen LogP contribution in [-0.2, 0) is 26.7 Å². The molecule has 0 atom stereocenters. The van der Waals surface area contributed by atoms with Gasteiger partial charge in [0.05, 0.1) is 12.3 Å². The average molecular weight is 512 g/mol. The van der Waals surface area contributed by atoms with Crippen molar-refractivity contribution in [2.45, 2.75) is 38.6 Å². The summed E-state index contributed by atoms with van der Waals surface area (Å²) in [5, 5.41) is 17.3. The van der Waals surface area contributed by atoms with Crippen LogP contribution in [0, 0.1) is 0 Å². The van der Waals surface area contributed by atoms with Gasteiger partial charge in [0.1, 0.15) is 0 Å². The minimum Gasteiger partial charge on any atom is -0.393 e. The lowest BCUT2D eigenvalue weighted by Gasteiger charge is -2.29. The Morgan fingerprint density at radius 2 is 1.86 bits per heavy atom. The summed E-state index contributed by atoms with van der Waals surface area (Å²) < 4.78 is 1.81. The third-order valence-corrected chi connectivity index (χ3v) is 5.19. The summed E-state index contributed by atoms with van der Waals surface area (Å²) in [7, 11) is 5.76. The average Bonchev–Trinajstić information content (AvgIpc) is 3.10. The Labute approximate surface area is 190 Å². The predicted molar refractivity (Wildman–Crippen MR) is 127 cm³/mol. The van der Waals surface area contributed by atoms with Crippen LogP contribution in [-0.4, -0.2) is 63.9 Å². The van der Waals surface area contributed by atoms with Gasteiger partial charge in [0.15, 0.2) is 5.96 Å². The number of aromatic nitrogens is 2. The van der Waals surface area contributed by atoms with Crippen LogP contribution in [0.2, 0.25) is 0 Å². The second-order valence-corrected chi connectivity index (χ2v) is 7.60. The monoisotopic (exact) mass is 512 g/mol. The minimum absolute atomic E-state index is 0. The van der Waals surface area contributed by atoms with Crippen molar-refractivity contribution in [3.05, 3.63) is 53.3 Å². The maximum Gasteiger partial charge on any atom is 0.193 e. The number of aliphatic imine (C=N–C) groups is 1. The molecule has 0 bridgehead atoms. The Morgan fingerprint density at radius 3 is 2.45 bits per heavy atom. The molecule has 160 valence electrons. The number of halogens is 1. The number of hydrogen-bond donors (Lipinski definition) is 2. The largest absolute Gasteiger partial charge is 0.393 e. The van der Waals surface area contributed by atoms with E-state index in [0.29, 0.717) is 0 Å². The summed E-state index contributed by atoms with van der Waals surface area (Å²) in [6.07, 6.45) is 5.55. The fourth-order valence-corrected chi connectivity index (χ4v) is 3.57. The number of likely N-dealkylation sites (tertiary alicyclic amines) is 1. The molecule has 0 saturated carbocycles. The number of nitrogens with zero attached hydrogens (tertiary/aromatic N) is 5. The van der Waals surface area contributed by atoms with E-state index in [2.05, 4.69) is 49.5 Å². The summed E-state index contributed by atoms with van der Waals surface area (Å²) in [6, 6.07) is 8.75. The SMILES string of the molecule is CN=C(NCc1ccc(CN2CCC(O)CC2)cc1)N(C)Cc1cnn(C)c1.I. The fourth-order valence-electron chi connectivity index (χ4n) is 3.57. The van der Waals surface area contributed by atoms with Crippen LogP contribution in [0.1, 0.15) is 29.5 Å². The molecule has 2 heterocycles. The molecule has 0 amide bonds. The molecule has 1 aromatic carbocycles. The van der Waals surface area contributed by atoms with Crippen molar-refractivity contribution >= 4 is 29.9 Å². The summed E-state index contributed by atoms with van der Waals surface area (Å²) >= 11 is 0. The highest BCUT2D eigenvalue weighted by Gasteiger charge is 2.16. The van der Waals surface area contributed by atoms with Gasteiger partial charge in [-0.2, -0.15) is 5.10 Å². The van der Waals surface area contributed by atoms with E-state index < -0.39 is 0 Å². The Balaban J connectivity index is 0.00000300. The number of aliphatic hydroxyl groups excluding tert-OH is 1. The number of aliphatic hydroxyl groups is 1. The molecule has 1 aliphatic rings. The third-order valence-electron chi connectivity index (χ3n) is 5.19. The molecule has 7 nitrogen and oxygen atoms in total. The van der Waals surface area contributed by atoms with Gasteiger partial charge in [-0.3, -0.25) is 14.6 Å². The molecule has 3 rings (SSSR count). The van der Waals surface area contributed by atoms with Crippen molar-refractivity contribution in [1.29, 1.82) is 0 Å². The van der Waals surface area contributed by atoms with Gasteiger partial charge in [0.25, 0.3) is 0 Å². The standard InChI is InChI=1S/C21H32N6O.HI/c1-22-21(25(2)14-19-13-24-26(3)15-19)23-12-17-4-6-18(7-5-17)16-27-10-8-20(28)9-11-27;/h4-7,13,15,20,28H,8-12,14,16H2,1-3H3,(H,22,23);1H. The van der Waals surface area contributed by atoms with Gasteiger partial charge in [0, 0.05) is 65.6 Å². The van der Waals surface area contributed by atoms with Crippen molar-refractivity contribution in [1.82, 2.24) is 24.9 Å². The highest BCUT2D eigenvalue weighted by Crippen LogP contribution is 2.14. The number of hydrogen-bond acceptors (Lipinski definition) is 4. The quantitative estimate of drug-likeness (QED) is 0.353. The molecule has 0 aliphatic carbocycles. The number of nitrogens with one attached hydrogen (secondary N) is 1. The number of aryl methyl sites for hydroxylation is 1. The lowest BCUT2D eigenvalue weighted by Crippen LogP contribution is -2.38. The van der Waals surface area contributed by atoms with Crippen LogP contribution in [0.15, 0.2) is 41.7 Å². The van der Waals surface area contributed by atoms with E-state index in [1.165, 1.54) is 11.1 Å². The molecule has 1 saturated heterocycles. The maximum absolute atomic E-state index is 9.63. The van der Waals surface area contributed by atoms with Crippen LogP contribution in [0.25, 0.3) is 0 Å². The van der Waals surface area contributed by atoms with Gasteiger partial charge in [-0.25, -0.2) is 0 Å². The summed E-state index contributed by atoms with van der Waals surface area (Å²) in [4.78, 5) is 8.89. The zero-order chi connectivity index (χ0) is 19.9. The first-order valence-corrected chi connectivity index (χ1v) is 9.91. The second kappa shape index (κ2) is 11.5. The van der Waals surface area contributed by atoms with Gasteiger partial charge in [-0.15, -0.1) is 24.0 Å². The number of piperidine rings is 1. The summed E-state index contributed by atoms with van der Waals surface area (Å²) in [6.45, 7) is 4.40. The first kappa shape index (κ1) is 23.6. The molecule has 2 aromatic rings. The number of benzene rings is 1. The highest BCUT2D eigenvalue weighted by molar-refractivity contribution is 14.0. The number of rotatable bonds is 6. The molecule has 1 aliphatic heterocycles. The van der Waals surface area contributed by atoms with Gasteiger partial charge in [-0.1, -0.05) is 24.3 Å². The molecular weight excluding hydrogens is 479 g/mol. The first-order valence-electron chi connectivity index (χ1n) is 9.91. The highest BCUT2D eigenvalue weighted by atomic mass is 127. The lowest BCUT2D eigenvalue weighted by molar-refractivity contribution is 0.0792. The maximum atomic E-state index is 9.63. The second-order valence-electron chi connectivity index (χ2n) is 7.60. The minimum atomic E-state index is -0.115. The molecule has 29 heavy (non-hydrogen) atoms. The Kier molecular flexibility index (Phi) is 9.38. The van der Waals surface area contributed by atoms with Crippen LogP contribution in [0.3, 0.4) is 0 Å². The molecule has 8 heteroatoms. The van der Waals surface area contributed by atoms with Crippen molar-refractivity contribution < 1.29 is 5.11 Å². The van der Waals surface area contributed by atoms with Gasteiger partial charge in [0.2, 0.25) is 0 Å². The molecule has 1 fully saturated rings. The van der Waals surface area contributed by atoms with Crippen LogP contribution in [0.5, 0.6) is 0 Å². The number of guanidine groups is 1. The van der Waals surface area contributed by atoms with Gasteiger partial charge >= 0.3 is 0 Å². The first-order chi connectivity index (χ1) is 13.5. The molecule has 1 aromatic heterocycles. The molecule has 0 unspecified atom stereocenters. The van der Waals surface area contributed by atoms with E-state index in [4.69, 9.17) is 0 Å². The van der Waals surface area contributed by atoms with E-state index in [-0.39, 0.29) is 30.1 Å². The summed E-state index contributed by atoms with van der Waals surface area (Å²) in [5.74, 6) is 0.861. The molecular formula is C21H33IN6O. The van der Waals surface area contributed by atoms with E-state index in [9.17, 15) is 5.11 Å². The predicted octanol–water partition coefficient (Wildman–Crippen LogP) is 2.20. The smallest absolute Gasteiger partial charge is 0.193 e. The van der Waals surface area contributed by atoms with Crippen LogP contribution in [0.4, 0.5) is 0 Å². The van der Waals surface area contributed by atoms with Gasteiger partial charge < -0.3 is 15.3 Å². The Hall–Kier alpha value is -1.65. The zero-order valence-electron chi connectivity index (χ0n) is 17.6.